The van der Waals surface area contributed by atoms with Crippen LogP contribution in [-0.4, -0.2) is 19.2 Å². The number of hydrogen-bond donors (Lipinski definition) is 0. The maximum Gasteiger partial charge on any atom is 0.416 e. The number of amides is 1. The number of carbonyl (C=O) groups excluding carboxylic acids is 1. The summed E-state index contributed by atoms with van der Waals surface area (Å²) in [6.07, 6.45) is -3.24. The van der Waals surface area contributed by atoms with E-state index in [1.165, 1.54) is 29.4 Å². The molecule has 0 saturated carbocycles. The van der Waals surface area contributed by atoms with Crippen molar-refractivity contribution in [3.63, 3.8) is 0 Å². The second-order valence-corrected chi connectivity index (χ2v) is 10.2. The van der Waals surface area contributed by atoms with Gasteiger partial charge in [-0.3, -0.25) is 4.79 Å². The highest BCUT2D eigenvalue weighted by Gasteiger charge is 2.32. The molecule has 1 heterocycles. The smallest absolute Gasteiger partial charge is 0.416 e. The fourth-order valence-electron chi connectivity index (χ4n) is 3.65. The van der Waals surface area contributed by atoms with E-state index in [1.807, 2.05) is 0 Å². The van der Waals surface area contributed by atoms with Gasteiger partial charge in [0.2, 0.25) is 5.91 Å². The average molecular weight is 564 g/mol. The Kier molecular flexibility index (Phi) is 8.13. The van der Waals surface area contributed by atoms with Crippen LogP contribution in [-0.2, 0) is 34.2 Å². The molecule has 11 heteroatoms. The monoisotopic (exact) mass is 563 g/mol. The van der Waals surface area contributed by atoms with Crippen LogP contribution in [0.15, 0.2) is 107 Å². The molecule has 6 nitrogen and oxygen atoms in total. The molecular formula is C27H21ClF3NO5S. The first-order chi connectivity index (χ1) is 18.0. The quantitative estimate of drug-likeness (QED) is 0.170. The zero-order valence-electron chi connectivity index (χ0n) is 19.6. The van der Waals surface area contributed by atoms with Gasteiger partial charge in [0.15, 0.2) is 0 Å². The van der Waals surface area contributed by atoms with Crippen LogP contribution in [0.2, 0.25) is 0 Å². The van der Waals surface area contributed by atoms with Crippen LogP contribution in [0.5, 0.6) is 5.75 Å². The molecule has 0 aliphatic rings. The Bertz CT molecular complexity index is 1490. The van der Waals surface area contributed by atoms with Gasteiger partial charge >= 0.3 is 16.3 Å². The third-order valence-corrected chi connectivity index (χ3v) is 7.16. The van der Waals surface area contributed by atoms with Gasteiger partial charge < -0.3 is 13.5 Å². The maximum absolute atomic E-state index is 13.3. The molecule has 0 fully saturated rings. The highest BCUT2D eigenvalue weighted by Crippen LogP contribution is 2.31. The Morgan fingerprint density at radius 2 is 1.66 bits per heavy atom. The summed E-state index contributed by atoms with van der Waals surface area (Å²) in [4.78, 5) is 14.1. The molecule has 0 bridgehead atoms. The molecule has 0 radical (unpaired) electrons. The third kappa shape index (κ3) is 6.76. The minimum absolute atomic E-state index is 0.0242. The van der Waals surface area contributed by atoms with E-state index >= 15 is 0 Å². The number of carbonyl (C=O) groups is 1. The SMILES string of the molecule is O=C(C(Cl)c1ccccc1)N(Cc1cccc(OS(=O)(=O)c2cccc(C(F)(F)F)c2)c1)Cc1ccco1. The van der Waals surface area contributed by atoms with Gasteiger partial charge in [-0.15, -0.1) is 11.6 Å². The second kappa shape index (κ2) is 11.3. The van der Waals surface area contributed by atoms with Crippen molar-refractivity contribution in [3.8, 4) is 5.75 Å². The lowest BCUT2D eigenvalue weighted by molar-refractivity contribution is -0.137. The van der Waals surface area contributed by atoms with E-state index in [0.29, 0.717) is 23.0 Å². The van der Waals surface area contributed by atoms with Crippen LogP contribution in [0.4, 0.5) is 13.2 Å². The molecule has 1 atom stereocenters. The molecule has 0 aliphatic heterocycles. The van der Waals surface area contributed by atoms with Gasteiger partial charge in [-0.25, -0.2) is 0 Å². The minimum atomic E-state index is -4.71. The van der Waals surface area contributed by atoms with Crippen LogP contribution in [0.1, 0.15) is 27.8 Å². The number of rotatable bonds is 9. The molecule has 4 aromatic rings. The fourth-order valence-corrected chi connectivity index (χ4v) is 4.90. The first kappa shape index (κ1) is 27.3. The van der Waals surface area contributed by atoms with Crippen molar-refractivity contribution < 1.29 is 35.0 Å². The van der Waals surface area contributed by atoms with Crippen LogP contribution in [0.25, 0.3) is 0 Å². The number of furan rings is 1. The molecule has 0 spiro atoms. The summed E-state index contributed by atoms with van der Waals surface area (Å²) in [6, 6.07) is 21.4. The van der Waals surface area contributed by atoms with E-state index in [9.17, 15) is 26.4 Å². The molecular weight excluding hydrogens is 543 g/mol. The van der Waals surface area contributed by atoms with Gasteiger partial charge in [-0.1, -0.05) is 48.5 Å². The van der Waals surface area contributed by atoms with Crippen molar-refractivity contribution in [2.75, 3.05) is 0 Å². The Hall–Kier alpha value is -3.76. The van der Waals surface area contributed by atoms with E-state index in [1.54, 1.807) is 48.5 Å². The van der Waals surface area contributed by atoms with Gasteiger partial charge in [-0.2, -0.15) is 21.6 Å². The van der Waals surface area contributed by atoms with Crippen LogP contribution in [0.3, 0.4) is 0 Å². The highest BCUT2D eigenvalue weighted by atomic mass is 35.5. The van der Waals surface area contributed by atoms with Crippen molar-refractivity contribution in [2.24, 2.45) is 0 Å². The summed E-state index contributed by atoms with van der Waals surface area (Å²) in [5, 5.41) is -0.980. The predicted octanol–water partition coefficient (Wildman–Crippen LogP) is 6.58. The zero-order valence-corrected chi connectivity index (χ0v) is 21.2. The highest BCUT2D eigenvalue weighted by molar-refractivity contribution is 7.87. The van der Waals surface area contributed by atoms with Crippen molar-refractivity contribution in [3.05, 3.63) is 120 Å². The van der Waals surface area contributed by atoms with Crippen molar-refractivity contribution in [1.82, 2.24) is 4.90 Å². The molecule has 0 aliphatic carbocycles. The van der Waals surface area contributed by atoms with Gasteiger partial charge in [0.1, 0.15) is 21.8 Å². The van der Waals surface area contributed by atoms with Gasteiger partial charge in [0, 0.05) is 6.54 Å². The largest absolute Gasteiger partial charge is 0.467 e. The number of nitrogens with zero attached hydrogens (tertiary/aromatic N) is 1. The topological polar surface area (TPSA) is 76.8 Å². The Balaban J connectivity index is 1.56. The average Bonchev–Trinajstić information content (AvgIpc) is 3.41. The predicted molar refractivity (Wildman–Crippen MR) is 134 cm³/mol. The van der Waals surface area contributed by atoms with Crippen LogP contribution >= 0.6 is 11.6 Å². The van der Waals surface area contributed by atoms with Crippen LogP contribution < -0.4 is 4.18 Å². The first-order valence-corrected chi connectivity index (χ1v) is 13.1. The second-order valence-electron chi connectivity index (χ2n) is 8.26. The number of halogens is 4. The lowest BCUT2D eigenvalue weighted by Crippen LogP contribution is -2.32. The zero-order chi connectivity index (χ0) is 27.3. The summed E-state index contributed by atoms with van der Waals surface area (Å²) < 4.78 is 75.0. The van der Waals surface area contributed by atoms with Crippen molar-refractivity contribution in [1.29, 1.82) is 0 Å². The van der Waals surface area contributed by atoms with E-state index in [-0.39, 0.29) is 18.8 Å². The van der Waals surface area contributed by atoms with E-state index in [4.69, 9.17) is 20.2 Å². The molecule has 0 N–H and O–H groups in total. The molecule has 4 rings (SSSR count). The minimum Gasteiger partial charge on any atom is -0.467 e. The number of hydrogen-bond acceptors (Lipinski definition) is 5. The van der Waals surface area contributed by atoms with Gasteiger partial charge in [0.25, 0.3) is 0 Å². The summed E-state index contributed by atoms with van der Waals surface area (Å²) in [7, 11) is -4.56. The van der Waals surface area contributed by atoms with E-state index in [2.05, 4.69) is 0 Å². The lowest BCUT2D eigenvalue weighted by Gasteiger charge is -2.24. The van der Waals surface area contributed by atoms with Crippen molar-refractivity contribution in [2.45, 2.75) is 29.5 Å². The van der Waals surface area contributed by atoms with Gasteiger partial charge in [-0.05, 0) is 53.6 Å². The first-order valence-electron chi connectivity index (χ1n) is 11.2. The number of alkyl halides is 4. The Labute approximate surface area is 222 Å². The van der Waals surface area contributed by atoms with Gasteiger partial charge in [0.05, 0.1) is 18.4 Å². The fraction of sp³-hybridized carbons (Fsp3) is 0.148. The van der Waals surface area contributed by atoms with Crippen LogP contribution in [0, 0.1) is 0 Å². The Morgan fingerprint density at radius 3 is 2.34 bits per heavy atom. The molecule has 0 saturated heterocycles. The lowest BCUT2D eigenvalue weighted by atomic mass is 10.1. The van der Waals surface area contributed by atoms with E-state index in [0.717, 1.165) is 18.2 Å². The standard InChI is InChI=1S/C27H21ClF3NO5S/c28-25(20-8-2-1-3-9-20)26(33)32(18-23-12-6-14-36-23)17-19-7-4-11-22(15-19)37-38(34,35)24-13-5-10-21(16-24)27(29,30)31/h1-16,25H,17-18H2. The van der Waals surface area contributed by atoms with Crippen molar-refractivity contribution >= 4 is 27.6 Å². The molecule has 198 valence electrons. The summed E-state index contributed by atoms with van der Waals surface area (Å²) >= 11 is 6.48. The Morgan fingerprint density at radius 1 is 0.921 bits per heavy atom. The summed E-state index contributed by atoms with van der Waals surface area (Å²) in [5.41, 5.74) is -0.0106. The van der Waals surface area contributed by atoms with E-state index < -0.39 is 38.0 Å². The molecule has 3 aromatic carbocycles. The summed E-state index contributed by atoms with van der Waals surface area (Å²) in [6.45, 7) is 0.117. The number of benzene rings is 3. The molecule has 1 unspecified atom stereocenters. The maximum atomic E-state index is 13.3. The molecule has 1 amide bonds. The summed E-state index contributed by atoms with van der Waals surface area (Å²) in [5.74, 6) is -0.0252. The third-order valence-electron chi connectivity index (χ3n) is 5.48. The molecule has 38 heavy (non-hydrogen) atoms. The molecule has 1 aromatic heterocycles. The normalized spacial score (nSPS) is 12.6.